The highest BCUT2D eigenvalue weighted by molar-refractivity contribution is 6.08. The first-order valence-electron chi connectivity index (χ1n) is 7.20. The molecule has 3 nitrogen and oxygen atoms in total. The molecule has 0 spiro atoms. The lowest BCUT2D eigenvalue weighted by atomic mass is 10.0. The summed E-state index contributed by atoms with van der Waals surface area (Å²) < 4.78 is 0. The zero-order chi connectivity index (χ0) is 14.2. The molecule has 0 aliphatic heterocycles. The number of ketones is 1. The topological polar surface area (TPSA) is 42.9 Å². The van der Waals surface area contributed by atoms with Gasteiger partial charge in [-0.2, -0.15) is 0 Å². The lowest BCUT2D eigenvalue weighted by molar-refractivity contribution is 0.103. The van der Waals surface area contributed by atoms with Gasteiger partial charge in [-0.1, -0.05) is 50.5 Å². The van der Waals surface area contributed by atoms with E-state index >= 15 is 0 Å². The number of nitrogens with zero attached hydrogens (tertiary/aromatic N) is 2. The van der Waals surface area contributed by atoms with Gasteiger partial charge in [0.2, 0.25) is 0 Å². The number of hydrogen-bond donors (Lipinski definition) is 0. The Labute approximate surface area is 120 Å². The van der Waals surface area contributed by atoms with Crippen LogP contribution in [0.2, 0.25) is 0 Å². The summed E-state index contributed by atoms with van der Waals surface area (Å²) in [5.74, 6) is -0.0249. The molecular weight excluding hydrogens is 248 g/mol. The number of aromatic nitrogens is 2. The van der Waals surface area contributed by atoms with E-state index in [2.05, 4.69) is 16.9 Å². The third-order valence-electron chi connectivity index (χ3n) is 3.36. The number of aryl methyl sites for hydroxylation is 1. The molecule has 104 valence electrons. The summed E-state index contributed by atoms with van der Waals surface area (Å²) in [7, 11) is 0. The molecule has 0 saturated carbocycles. The van der Waals surface area contributed by atoms with Crippen LogP contribution in [0.5, 0.6) is 0 Å². The Bertz CT molecular complexity index is 535. The van der Waals surface area contributed by atoms with Crippen molar-refractivity contribution in [3.05, 3.63) is 59.7 Å². The van der Waals surface area contributed by atoms with E-state index in [0.29, 0.717) is 11.1 Å². The summed E-state index contributed by atoms with van der Waals surface area (Å²) in [6.07, 6.45) is 10.7. The first-order valence-corrected chi connectivity index (χ1v) is 7.20. The van der Waals surface area contributed by atoms with Gasteiger partial charge in [0, 0.05) is 18.0 Å². The van der Waals surface area contributed by atoms with Crippen LogP contribution in [0.4, 0.5) is 0 Å². The van der Waals surface area contributed by atoms with Gasteiger partial charge in [-0.15, -0.1) is 0 Å². The van der Waals surface area contributed by atoms with Gasteiger partial charge in [0.05, 0.1) is 5.56 Å². The van der Waals surface area contributed by atoms with Crippen LogP contribution >= 0.6 is 0 Å². The molecule has 0 unspecified atom stereocenters. The maximum Gasteiger partial charge on any atom is 0.196 e. The number of benzene rings is 1. The van der Waals surface area contributed by atoms with Crippen molar-refractivity contribution in [2.45, 2.75) is 39.0 Å². The predicted molar refractivity (Wildman–Crippen MR) is 79.8 cm³/mol. The van der Waals surface area contributed by atoms with E-state index in [9.17, 15) is 4.79 Å². The average molecular weight is 268 g/mol. The largest absolute Gasteiger partial charge is 0.288 e. The highest BCUT2D eigenvalue weighted by Gasteiger charge is 2.08. The normalized spacial score (nSPS) is 10.4. The molecule has 0 bridgehead atoms. The molecule has 0 saturated heterocycles. The molecule has 2 aromatic rings. The Kier molecular flexibility index (Phi) is 5.42. The highest BCUT2D eigenvalue weighted by atomic mass is 16.1. The highest BCUT2D eigenvalue weighted by Crippen LogP contribution is 2.12. The lowest BCUT2D eigenvalue weighted by Crippen LogP contribution is -2.02. The maximum absolute atomic E-state index is 12.2. The number of carbonyl (C=O) groups is 1. The molecule has 0 atom stereocenters. The van der Waals surface area contributed by atoms with Crippen molar-refractivity contribution in [3.63, 3.8) is 0 Å². The van der Waals surface area contributed by atoms with E-state index in [0.717, 1.165) is 6.42 Å². The zero-order valence-corrected chi connectivity index (χ0v) is 11.9. The zero-order valence-electron chi connectivity index (χ0n) is 11.9. The lowest BCUT2D eigenvalue weighted by Gasteiger charge is -2.04. The van der Waals surface area contributed by atoms with Crippen LogP contribution in [0.3, 0.4) is 0 Å². The molecule has 0 amide bonds. The van der Waals surface area contributed by atoms with E-state index in [4.69, 9.17) is 0 Å². The summed E-state index contributed by atoms with van der Waals surface area (Å²) in [6.45, 7) is 2.22. The fraction of sp³-hybridized carbons (Fsp3) is 0.353. The Morgan fingerprint density at radius 2 is 1.65 bits per heavy atom. The first-order chi connectivity index (χ1) is 9.81. The average Bonchev–Trinajstić information content (AvgIpc) is 2.52. The first kappa shape index (κ1) is 14.4. The Morgan fingerprint density at radius 1 is 0.950 bits per heavy atom. The smallest absolute Gasteiger partial charge is 0.196 e. The van der Waals surface area contributed by atoms with Gasteiger partial charge in [-0.25, -0.2) is 9.97 Å². The summed E-state index contributed by atoms with van der Waals surface area (Å²) in [6, 6.07) is 7.88. The van der Waals surface area contributed by atoms with Crippen molar-refractivity contribution in [2.75, 3.05) is 0 Å². The third kappa shape index (κ3) is 3.98. The molecule has 0 aliphatic carbocycles. The van der Waals surface area contributed by atoms with Gasteiger partial charge >= 0.3 is 0 Å². The van der Waals surface area contributed by atoms with Gasteiger partial charge in [0.15, 0.2) is 5.78 Å². The molecule has 2 rings (SSSR count). The second-order valence-electron chi connectivity index (χ2n) is 4.96. The number of rotatable bonds is 7. The molecule has 0 fully saturated rings. The van der Waals surface area contributed by atoms with Gasteiger partial charge in [0.1, 0.15) is 6.33 Å². The van der Waals surface area contributed by atoms with Crippen molar-refractivity contribution < 1.29 is 4.79 Å². The molecule has 1 heterocycles. The fourth-order valence-corrected chi connectivity index (χ4v) is 2.16. The van der Waals surface area contributed by atoms with Crippen LogP contribution in [0, 0.1) is 0 Å². The second kappa shape index (κ2) is 7.53. The maximum atomic E-state index is 12.2. The molecule has 1 aromatic carbocycles. The molecule has 3 heteroatoms. The number of hydrogen-bond acceptors (Lipinski definition) is 3. The van der Waals surface area contributed by atoms with Gasteiger partial charge < -0.3 is 0 Å². The molecular formula is C17H20N2O. The number of carbonyl (C=O) groups excluding carboxylic acids is 1. The van der Waals surface area contributed by atoms with Crippen LogP contribution in [0.1, 0.15) is 54.1 Å². The minimum Gasteiger partial charge on any atom is -0.288 e. The molecule has 20 heavy (non-hydrogen) atoms. The Balaban J connectivity index is 1.96. The van der Waals surface area contributed by atoms with Gasteiger partial charge in [-0.3, -0.25) is 4.79 Å². The van der Waals surface area contributed by atoms with Gasteiger partial charge in [-0.05, 0) is 18.4 Å². The van der Waals surface area contributed by atoms with Crippen molar-refractivity contribution in [1.29, 1.82) is 0 Å². The second-order valence-corrected chi connectivity index (χ2v) is 4.96. The Hall–Kier alpha value is -2.03. The Morgan fingerprint density at radius 3 is 2.30 bits per heavy atom. The molecule has 0 N–H and O–H groups in total. The van der Waals surface area contributed by atoms with Crippen LogP contribution in [0.15, 0.2) is 43.0 Å². The quantitative estimate of drug-likeness (QED) is 0.566. The number of unbranched alkanes of at least 4 members (excludes halogenated alkanes) is 3. The van der Waals surface area contributed by atoms with Crippen molar-refractivity contribution in [2.24, 2.45) is 0 Å². The minimum atomic E-state index is -0.0249. The van der Waals surface area contributed by atoms with Gasteiger partial charge in [0.25, 0.3) is 0 Å². The predicted octanol–water partition coefficient (Wildman–Crippen LogP) is 3.83. The van der Waals surface area contributed by atoms with E-state index in [1.54, 1.807) is 12.4 Å². The van der Waals surface area contributed by atoms with Crippen molar-refractivity contribution in [1.82, 2.24) is 9.97 Å². The minimum absolute atomic E-state index is 0.0249. The SMILES string of the molecule is CCCCCCc1ccc(C(=O)c2cncnc2)cc1. The van der Waals surface area contributed by atoms with Crippen LogP contribution in [-0.4, -0.2) is 15.8 Å². The summed E-state index contributed by atoms with van der Waals surface area (Å²) >= 11 is 0. The van der Waals surface area contributed by atoms with E-state index in [1.165, 1.54) is 37.6 Å². The standard InChI is InChI=1S/C17H20N2O/c1-2-3-4-5-6-14-7-9-15(10-8-14)17(20)16-11-18-13-19-12-16/h7-13H,2-6H2,1H3. The van der Waals surface area contributed by atoms with Crippen LogP contribution in [-0.2, 0) is 6.42 Å². The van der Waals surface area contributed by atoms with E-state index < -0.39 is 0 Å². The third-order valence-corrected chi connectivity index (χ3v) is 3.36. The van der Waals surface area contributed by atoms with E-state index in [1.807, 2.05) is 24.3 Å². The van der Waals surface area contributed by atoms with Crippen molar-refractivity contribution in [3.8, 4) is 0 Å². The van der Waals surface area contributed by atoms with E-state index in [-0.39, 0.29) is 5.78 Å². The molecule has 0 radical (unpaired) electrons. The van der Waals surface area contributed by atoms with Crippen molar-refractivity contribution >= 4 is 5.78 Å². The summed E-state index contributed by atoms with van der Waals surface area (Å²) in [4.78, 5) is 19.9. The van der Waals surface area contributed by atoms with Crippen LogP contribution < -0.4 is 0 Å². The molecule has 1 aromatic heterocycles. The van der Waals surface area contributed by atoms with Crippen LogP contribution in [0.25, 0.3) is 0 Å². The molecule has 0 aliphatic rings. The summed E-state index contributed by atoms with van der Waals surface area (Å²) in [5.41, 5.74) is 2.52. The summed E-state index contributed by atoms with van der Waals surface area (Å²) in [5, 5.41) is 0. The fourth-order valence-electron chi connectivity index (χ4n) is 2.16. The monoisotopic (exact) mass is 268 g/mol.